The molecule has 1 rings (SSSR count). The fourth-order valence-electron chi connectivity index (χ4n) is 0.767. The Kier molecular flexibility index (Phi) is 2.41. The molecule has 9 heavy (non-hydrogen) atoms. The van der Waals surface area contributed by atoms with Crippen molar-refractivity contribution in [2.45, 2.75) is 25.5 Å². The summed E-state index contributed by atoms with van der Waals surface area (Å²) in [4.78, 5) is 0. The molecule has 0 aromatic heterocycles. The molecule has 1 saturated heterocycles. The Bertz CT molecular complexity index is 78.3. The first-order valence-electron chi connectivity index (χ1n) is 3.04. The molecule has 1 unspecified atom stereocenters. The molecule has 0 bridgehead atoms. The summed E-state index contributed by atoms with van der Waals surface area (Å²) in [5.41, 5.74) is 0. The van der Waals surface area contributed by atoms with Crippen molar-refractivity contribution in [3.8, 4) is 0 Å². The van der Waals surface area contributed by atoms with Crippen LogP contribution in [-0.4, -0.2) is 29.5 Å². The van der Waals surface area contributed by atoms with E-state index in [0.29, 0.717) is 13.0 Å². The van der Waals surface area contributed by atoms with E-state index < -0.39 is 12.7 Å². The van der Waals surface area contributed by atoms with Crippen LogP contribution in [0.5, 0.6) is 0 Å². The summed E-state index contributed by atoms with van der Waals surface area (Å²) in [6, 6.07) is 0. The monoisotopic (exact) mass is 133 g/mol. The smallest absolute Gasteiger partial charge is 0.216 e. The zero-order chi connectivity index (χ0) is 6.69. The lowest BCUT2D eigenvalue weighted by Crippen LogP contribution is -2.31. The normalized spacial score (nSPS) is 38.0. The molecule has 0 spiro atoms. The number of hydrogen-bond donors (Lipinski definition) is 3. The highest BCUT2D eigenvalue weighted by Gasteiger charge is 2.14. The zero-order valence-electron chi connectivity index (χ0n) is 5.08. The van der Waals surface area contributed by atoms with Gasteiger partial charge in [0, 0.05) is 0 Å². The number of ether oxygens (including phenoxy) is 1. The van der Waals surface area contributed by atoms with Crippen molar-refractivity contribution in [2.24, 2.45) is 0 Å². The minimum absolute atomic E-state index is 0.587. The SMILES string of the molecule is OC1NCCC[C@H](O)O1. The summed E-state index contributed by atoms with van der Waals surface area (Å²) in [5, 5.41) is 20.3. The molecular weight excluding hydrogens is 122 g/mol. The van der Waals surface area contributed by atoms with Gasteiger partial charge in [0.25, 0.3) is 0 Å². The molecule has 4 nitrogen and oxygen atoms in total. The molecular formula is C5H11NO3. The van der Waals surface area contributed by atoms with Gasteiger partial charge >= 0.3 is 0 Å². The first-order chi connectivity index (χ1) is 4.29. The Morgan fingerprint density at radius 3 is 3.00 bits per heavy atom. The number of aliphatic hydroxyl groups excluding tert-OH is 2. The highest BCUT2D eigenvalue weighted by Crippen LogP contribution is 2.03. The number of aliphatic hydroxyl groups is 2. The van der Waals surface area contributed by atoms with E-state index in [1.807, 2.05) is 0 Å². The second-order valence-corrected chi connectivity index (χ2v) is 2.04. The van der Waals surface area contributed by atoms with Gasteiger partial charge in [-0.05, 0) is 19.4 Å². The summed E-state index contributed by atoms with van der Waals surface area (Å²) < 4.78 is 4.61. The molecule has 0 aliphatic carbocycles. The van der Waals surface area contributed by atoms with Gasteiger partial charge < -0.3 is 14.9 Å². The van der Waals surface area contributed by atoms with Crippen LogP contribution in [0.15, 0.2) is 0 Å². The van der Waals surface area contributed by atoms with E-state index in [1.165, 1.54) is 0 Å². The quantitative estimate of drug-likeness (QED) is 0.396. The van der Waals surface area contributed by atoms with Crippen LogP contribution in [0.3, 0.4) is 0 Å². The molecule has 0 aromatic carbocycles. The summed E-state index contributed by atoms with van der Waals surface area (Å²) in [6.07, 6.45) is -0.389. The van der Waals surface area contributed by atoms with Crippen LogP contribution in [0, 0.1) is 0 Å². The molecule has 0 aromatic rings. The van der Waals surface area contributed by atoms with Crippen LogP contribution < -0.4 is 5.32 Å². The molecule has 0 saturated carbocycles. The Labute approximate surface area is 53.4 Å². The third kappa shape index (κ3) is 2.28. The maximum absolute atomic E-state index is 8.84. The van der Waals surface area contributed by atoms with Crippen molar-refractivity contribution in [3.05, 3.63) is 0 Å². The van der Waals surface area contributed by atoms with Gasteiger partial charge in [-0.3, -0.25) is 5.32 Å². The van der Waals surface area contributed by atoms with E-state index in [4.69, 9.17) is 10.2 Å². The van der Waals surface area contributed by atoms with E-state index in [2.05, 4.69) is 10.1 Å². The average Bonchev–Trinajstić information content (AvgIpc) is 1.93. The molecule has 0 radical (unpaired) electrons. The third-order valence-electron chi connectivity index (χ3n) is 1.23. The van der Waals surface area contributed by atoms with Gasteiger partial charge in [-0.2, -0.15) is 0 Å². The van der Waals surface area contributed by atoms with E-state index >= 15 is 0 Å². The predicted molar refractivity (Wildman–Crippen MR) is 30.3 cm³/mol. The first kappa shape index (κ1) is 6.95. The predicted octanol–water partition coefficient (Wildman–Crippen LogP) is -1.02. The standard InChI is InChI=1S/C5H11NO3/c7-4-2-1-3-6-5(8)9-4/h4-8H,1-3H2/t4-,5?/m1/s1. The number of rotatable bonds is 0. The van der Waals surface area contributed by atoms with Crippen LogP contribution in [0.25, 0.3) is 0 Å². The fourth-order valence-corrected chi connectivity index (χ4v) is 0.767. The Balaban J connectivity index is 2.29. The highest BCUT2D eigenvalue weighted by atomic mass is 16.7. The van der Waals surface area contributed by atoms with E-state index in [0.717, 1.165) is 6.42 Å². The van der Waals surface area contributed by atoms with Gasteiger partial charge in [-0.25, -0.2) is 0 Å². The van der Waals surface area contributed by atoms with Crippen molar-refractivity contribution < 1.29 is 14.9 Å². The molecule has 1 aliphatic heterocycles. The van der Waals surface area contributed by atoms with Crippen LogP contribution in [0.2, 0.25) is 0 Å². The lowest BCUT2D eigenvalue weighted by atomic mass is 10.3. The molecule has 4 heteroatoms. The molecule has 3 N–H and O–H groups in total. The van der Waals surface area contributed by atoms with Crippen molar-refractivity contribution in [2.75, 3.05) is 6.54 Å². The minimum Gasteiger partial charge on any atom is -0.368 e. The Morgan fingerprint density at radius 1 is 1.44 bits per heavy atom. The van der Waals surface area contributed by atoms with Gasteiger partial charge in [-0.1, -0.05) is 0 Å². The lowest BCUT2D eigenvalue weighted by molar-refractivity contribution is -0.212. The number of hydrogen-bond acceptors (Lipinski definition) is 4. The largest absolute Gasteiger partial charge is 0.368 e. The van der Waals surface area contributed by atoms with Crippen molar-refractivity contribution >= 4 is 0 Å². The van der Waals surface area contributed by atoms with Crippen molar-refractivity contribution in [3.63, 3.8) is 0 Å². The van der Waals surface area contributed by atoms with E-state index in [9.17, 15) is 0 Å². The molecule has 1 fully saturated rings. The zero-order valence-corrected chi connectivity index (χ0v) is 5.08. The van der Waals surface area contributed by atoms with Crippen LogP contribution in [0.1, 0.15) is 12.8 Å². The summed E-state index contributed by atoms with van der Waals surface area (Å²) in [5.74, 6) is 0. The molecule has 1 aliphatic rings. The molecule has 0 amide bonds. The second kappa shape index (κ2) is 3.12. The van der Waals surface area contributed by atoms with Crippen molar-refractivity contribution in [1.29, 1.82) is 0 Å². The average molecular weight is 133 g/mol. The molecule has 1 heterocycles. The van der Waals surface area contributed by atoms with Gasteiger partial charge in [0.2, 0.25) is 6.41 Å². The minimum atomic E-state index is -0.998. The van der Waals surface area contributed by atoms with E-state index in [-0.39, 0.29) is 0 Å². The van der Waals surface area contributed by atoms with Crippen LogP contribution in [0.4, 0.5) is 0 Å². The molecule has 2 atom stereocenters. The lowest BCUT2D eigenvalue weighted by Gasteiger charge is -2.11. The summed E-state index contributed by atoms with van der Waals surface area (Å²) >= 11 is 0. The topological polar surface area (TPSA) is 61.7 Å². The fraction of sp³-hybridized carbons (Fsp3) is 1.00. The third-order valence-corrected chi connectivity index (χ3v) is 1.23. The van der Waals surface area contributed by atoms with Gasteiger partial charge in [-0.15, -0.1) is 0 Å². The van der Waals surface area contributed by atoms with Gasteiger partial charge in [0.15, 0.2) is 6.29 Å². The highest BCUT2D eigenvalue weighted by molar-refractivity contribution is 4.53. The summed E-state index contributed by atoms with van der Waals surface area (Å²) in [6.45, 7) is 0.693. The Hall–Kier alpha value is -0.160. The first-order valence-corrected chi connectivity index (χ1v) is 3.04. The Morgan fingerprint density at radius 2 is 2.22 bits per heavy atom. The second-order valence-electron chi connectivity index (χ2n) is 2.04. The number of nitrogens with one attached hydrogen (secondary N) is 1. The van der Waals surface area contributed by atoms with Crippen LogP contribution in [-0.2, 0) is 4.74 Å². The van der Waals surface area contributed by atoms with Gasteiger partial charge in [0.05, 0.1) is 0 Å². The van der Waals surface area contributed by atoms with Gasteiger partial charge in [0.1, 0.15) is 0 Å². The van der Waals surface area contributed by atoms with Crippen molar-refractivity contribution in [1.82, 2.24) is 5.32 Å². The van der Waals surface area contributed by atoms with Crippen LogP contribution >= 0.6 is 0 Å². The van der Waals surface area contributed by atoms with E-state index in [1.54, 1.807) is 0 Å². The maximum Gasteiger partial charge on any atom is 0.216 e. The summed E-state index contributed by atoms with van der Waals surface area (Å²) in [7, 11) is 0. The molecule has 54 valence electrons. The maximum atomic E-state index is 8.84.